The van der Waals surface area contributed by atoms with E-state index < -0.39 is 0 Å². The summed E-state index contributed by atoms with van der Waals surface area (Å²) in [6.45, 7) is 4.88. The Bertz CT molecular complexity index is 726. The molecule has 2 heterocycles. The summed E-state index contributed by atoms with van der Waals surface area (Å²) in [6, 6.07) is 4.29. The molecule has 2 amide bonds. The van der Waals surface area contributed by atoms with E-state index in [0.29, 0.717) is 18.8 Å². The second-order valence-electron chi connectivity index (χ2n) is 6.07. The summed E-state index contributed by atoms with van der Waals surface area (Å²) in [5.41, 5.74) is 1.27. The Morgan fingerprint density at radius 1 is 1.28 bits per heavy atom. The van der Waals surface area contributed by atoms with E-state index in [0.717, 1.165) is 43.9 Å². The number of aryl methyl sites for hydroxylation is 1. The van der Waals surface area contributed by atoms with Gasteiger partial charge >= 0.3 is 6.03 Å². The van der Waals surface area contributed by atoms with Crippen molar-refractivity contribution in [2.24, 2.45) is 0 Å². The highest BCUT2D eigenvalue weighted by atomic mass is 19.1. The van der Waals surface area contributed by atoms with Gasteiger partial charge in [0, 0.05) is 44.0 Å². The van der Waals surface area contributed by atoms with Crippen LogP contribution in [0.3, 0.4) is 0 Å². The number of anilines is 2. The molecule has 8 heteroatoms. The van der Waals surface area contributed by atoms with Gasteiger partial charge in [-0.1, -0.05) is 6.92 Å². The average Bonchev–Trinajstić information content (AvgIpc) is 3.26. The van der Waals surface area contributed by atoms with Crippen LogP contribution in [0.15, 0.2) is 24.5 Å². The molecule has 0 radical (unpaired) electrons. The molecule has 0 aliphatic carbocycles. The summed E-state index contributed by atoms with van der Waals surface area (Å²) >= 11 is 0. The Balaban J connectivity index is 1.53. The van der Waals surface area contributed by atoms with Crippen molar-refractivity contribution in [3.63, 3.8) is 0 Å². The zero-order valence-electron chi connectivity index (χ0n) is 14.3. The number of hydrogen-bond acceptors (Lipinski definition) is 4. The highest BCUT2D eigenvalue weighted by Crippen LogP contribution is 2.25. The van der Waals surface area contributed by atoms with Crippen LogP contribution < -0.4 is 15.5 Å². The lowest BCUT2D eigenvalue weighted by Crippen LogP contribution is -2.31. The van der Waals surface area contributed by atoms with Crippen LogP contribution in [0.2, 0.25) is 0 Å². The Morgan fingerprint density at radius 3 is 2.84 bits per heavy atom. The van der Waals surface area contributed by atoms with Crippen LogP contribution in [0.25, 0.3) is 0 Å². The van der Waals surface area contributed by atoms with Gasteiger partial charge in [-0.15, -0.1) is 10.2 Å². The van der Waals surface area contributed by atoms with E-state index in [-0.39, 0.29) is 11.8 Å². The highest BCUT2D eigenvalue weighted by molar-refractivity contribution is 5.89. The lowest BCUT2D eigenvalue weighted by Gasteiger charge is -2.19. The topological polar surface area (TPSA) is 75.1 Å². The van der Waals surface area contributed by atoms with Gasteiger partial charge in [0.25, 0.3) is 0 Å². The second-order valence-corrected chi connectivity index (χ2v) is 6.07. The van der Waals surface area contributed by atoms with E-state index in [1.165, 1.54) is 12.1 Å². The van der Waals surface area contributed by atoms with Gasteiger partial charge in [0.1, 0.15) is 18.0 Å². The quantitative estimate of drug-likeness (QED) is 0.842. The van der Waals surface area contributed by atoms with Crippen LogP contribution in [-0.4, -0.2) is 40.4 Å². The molecule has 7 nitrogen and oxygen atoms in total. The van der Waals surface area contributed by atoms with Crippen molar-refractivity contribution in [2.75, 3.05) is 29.9 Å². The van der Waals surface area contributed by atoms with Gasteiger partial charge < -0.3 is 20.1 Å². The summed E-state index contributed by atoms with van der Waals surface area (Å²) in [6.07, 6.45) is 4.66. The van der Waals surface area contributed by atoms with Crippen molar-refractivity contribution >= 4 is 17.4 Å². The number of carbonyl (C=O) groups is 1. The van der Waals surface area contributed by atoms with Gasteiger partial charge in [-0.2, -0.15) is 0 Å². The maximum Gasteiger partial charge on any atom is 0.319 e. The fourth-order valence-electron chi connectivity index (χ4n) is 3.01. The van der Waals surface area contributed by atoms with E-state index in [4.69, 9.17) is 0 Å². The molecule has 1 saturated heterocycles. The zero-order valence-corrected chi connectivity index (χ0v) is 14.3. The van der Waals surface area contributed by atoms with Crippen LogP contribution in [0.1, 0.15) is 25.6 Å². The molecule has 2 N–H and O–H groups in total. The summed E-state index contributed by atoms with van der Waals surface area (Å²) in [5, 5.41) is 13.3. The first-order valence-corrected chi connectivity index (χ1v) is 8.63. The molecule has 134 valence electrons. The Morgan fingerprint density at radius 2 is 2.08 bits per heavy atom. The first-order valence-electron chi connectivity index (χ1n) is 8.63. The van der Waals surface area contributed by atoms with Crippen molar-refractivity contribution in [3.05, 3.63) is 36.2 Å². The minimum atomic E-state index is -0.357. The number of halogens is 1. The Kier molecular flexibility index (Phi) is 5.47. The normalized spacial score (nSPS) is 13.9. The number of nitrogens with zero attached hydrogens (tertiary/aromatic N) is 4. The number of benzene rings is 1. The van der Waals surface area contributed by atoms with Crippen molar-refractivity contribution in [1.29, 1.82) is 0 Å². The second kappa shape index (κ2) is 7.96. The van der Waals surface area contributed by atoms with Gasteiger partial charge in [0.2, 0.25) is 0 Å². The highest BCUT2D eigenvalue weighted by Gasteiger charge is 2.14. The molecule has 1 fully saturated rings. The van der Waals surface area contributed by atoms with Crippen molar-refractivity contribution in [1.82, 2.24) is 20.1 Å². The minimum Gasteiger partial charge on any atom is -0.371 e. The first kappa shape index (κ1) is 17.2. The number of carbonyl (C=O) groups excluding carboxylic acids is 1. The van der Waals surface area contributed by atoms with Gasteiger partial charge in [-0.05, 0) is 31.0 Å². The van der Waals surface area contributed by atoms with Crippen molar-refractivity contribution < 1.29 is 9.18 Å². The first-order chi connectivity index (χ1) is 12.2. The zero-order chi connectivity index (χ0) is 17.6. The van der Waals surface area contributed by atoms with E-state index in [9.17, 15) is 9.18 Å². The molecule has 0 saturated carbocycles. The largest absolute Gasteiger partial charge is 0.371 e. The number of aromatic nitrogens is 3. The molecule has 0 atom stereocenters. The molecule has 25 heavy (non-hydrogen) atoms. The molecule has 1 aliphatic heterocycles. The molecule has 1 aromatic heterocycles. The van der Waals surface area contributed by atoms with E-state index in [1.54, 1.807) is 6.33 Å². The molecule has 1 aliphatic rings. The van der Waals surface area contributed by atoms with Gasteiger partial charge in [-0.3, -0.25) is 0 Å². The lowest BCUT2D eigenvalue weighted by molar-refractivity contribution is 0.251. The smallest absolute Gasteiger partial charge is 0.319 e. The fraction of sp³-hybridized carbons (Fsp3) is 0.471. The van der Waals surface area contributed by atoms with E-state index in [2.05, 4.69) is 25.7 Å². The third-order valence-electron chi connectivity index (χ3n) is 4.26. The molecule has 0 unspecified atom stereocenters. The fourth-order valence-corrected chi connectivity index (χ4v) is 3.01. The predicted molar refractivity (Wildman–Crippen MR) is 94.3 cm³/mol. The monoisotopic (exact) mass is 346 g/mol. The third kappa shape index (κ3) is 4.46. The third-order valence-corrected chi connectivity index (χ3v) is 4.26. The van der Waals surface area contributed by atoms with Crippen LogP contribution in [0.5, 0.6) is 0 Å². The summed E-state index contributed by atoms with van der Waals surface area (Å²) in [4.78, 5) is 14.2. The Labute approximate surface area is 146 Å². The summed E-state index contributed by atoms with van der Waals surface area (Å²) in [7, 11) is 0. The molecular weight excluding hydrogens is 323 g/mol. The van der Waals surface area contributed by atoms with Crippen LogP contribution >= 0.6 is 0 Å². The Hall–Kier alpha value is -2.64. The number of urea groups is 1. The van der Waals surface area contributed by atoms with Crippen LogP contribution in [0, 0.1) is 5.82 Å². The SMILES string of the molecule is CCc1nncn1CCNC(=O)Nc1cc(F)cc(N2CCCC2)c1. The molecule has 0 spiro atoms. The predicted octanol–water partition coefficient (Wildman–Crippen LogP) is 2.40. The number of rotatable bonds is 6. The average molecular weight is 346 g/mol. The summed E-state index contributed by atoms with van der Waals surface area (Å²) < 4.78 is 15.7. The number of hydrogen-bond donors (Lipinski definition) is 2. The van der Waals surface area contributed by atoms with E-state index in [1.807, 2.05) is 17.6 Å². The van der Waals surface area contributed by atoms with Crippen molar-refractivity contribution in [2.45, 2.75) is 32.7 Å². The van der Waals surface area contributed by atoms with E-state index >= 15 is 0 Å². The van der Waals surface area contributed by atoms with Crippen LogP contribution in [-0.2, 0) is 13.0 Å². The van der Waals surface area contributed by atoms with Gasteiger partial charge in [0.05, 0.1) is 0 Å². The number of amides is 2. The maximum absolute atomic E-state index is 13.8. The van der Waals surface area contributed by atoms with Crippen LogP contribution in [0.4, 0.5) is 20.6 Å². The van der Waals surface area contributed by atoms with Gasteiger partial charge in [0.15, 0.2) is 0 Å². The van der Waals surface area contributed by atoms with Crippen molar-refractivity contribution in [3.8, 4) is 0 Å². The molecule has 0 bridgehead atoms. The lowest BCUT2D eigenvalue weighted by atomic mass is 10.2. The molecule has 1 aromatic carbocycles. The summed E-state index contributed by atoms with van der Waals surface area (Å²) in [5.74, 6) is 0.527. The molecule has 2 aromatic rings. The molecular formula is C17H23FN6O. The number of nitrogens with one attached hydrogen (secondary N) is 2. The minimum absolute atomic E-state index is 0.350. The standard InChI is InChI=1S/C17H23FN6O/c1-2-16-22-20-12-24(16)8-5-19-17(25)21-14-9-13(18)10-15(11-14)23-6-3-4-7-23/h9-12H,2-8H2,1H3,(H2,19,21,25). The maximum atomic E-state index is 13.8. The van der Waals surface area contributed by atoms with Gasteiger partial charge in [-0.25, -0.2) is 9.18 Å². The molecule has 3 rings (SSSR count).